The van der Waals surface area contributed by atoms with Gasteiger partial charge in [-0.1, -0.05) is 23.8 Å². The van der Waals surface area contributed by atoms with Crippen molar-refractivity contribution >= 4 is 0 Å². The molecule has 1 aliphatic carbocycles. The second-order valence-corrected chi connectivity index (χ2v) is 4.40. The molecule has 0 spiro atoms. The van der Waals surface area contributed by atoms with Gasteiger partial charge >= 0.3 is 0 Å². The first-order valence-electron chi connectivity index (χ1n) is 5.17. The van der Waals surface area contributed by atoms with Gasteiger partial charge in [0.2, 0.25) is 0 Å². The van der Waals surface area contributed by atoms with Gasteiger partial charge in [-0.05, 0) is 36.8 Å². The first-order chi connectivity index (χ1) is 6.34. The number of aryl methyl sites for hydroxylation is 1. The monoisotopic (exact) mass is 173 g/mol. The normalized spacial score (nSPS) is 26.1. The molecule has 1 fully saturated rings. The molecular formula is C12H15N. The highest BCUT2D eigenvalue weighted by Crippen LogP contribution is 2.44. The maximum absolute atomic E-state index is 3.61. The van der Waals surface area contributed by atoms with Crippen molar-refractivity contribution in [3.63, 3.8) is 0 Å². The fraction of sp³-hybridized carbons (Fsp3) is 0.500. The zero-order chi connectivity index (χ0) is 8.84. The average molecular weight is 173 g/mol. The Morgan fingerprint density at radius 2 is 2.15 bits per heavy atom. The number of nitrogens with one attached hydrogen (secondary N) is 1. The van der Waals surface area contributed by atoms with Gasteiger partial charge in [0.25, 0.3) is 0 Å². The molecule has 68 valence electrons. The van der Waals surface area contributed by atoms with Gasteiger partial charge in [0.15, 0.2) is 0 Å². The Balaban J connectivity index is 2.01. The molecule has 13 heavy (non-hydrogen) atoms. The van der Waals surface area contributed by atoms with Crippen LogP contribution in [-0.4, -0.2) is 0 Å². The molecule has 1 aromatic rings. The number of fused-ring (bicyclic) bond motifs is 1. The van der Waals surface area contributed by atoms with Crippen molar-refractivity contribution < 1.29 is 0 Å². The summed E-state index contributed by atoms with van der Waals surface area (Å²) in [4.78, 5) is 0. The molecule has 2 aliphatic rings. The molecule has 1 saturated carbocycles. The lowest BCUT2D eigenvalue weighted by Gasteiger charge is -2.09. The van der Waals surface area contributed by atoms with E-state index in [9.17, 15) is 0 Å². The van der Waals surface area contributed by atoms with Crippen LogP contribution in [0.5, 0.6) is 0 Å². The molecule has 0 bridgehead atoms. The Hall–Kier alpha value is -0.820. The quantitative estimate of drug-likeness (QED) is 0.688. The predicted octanol–water partition coefficient (Wildman–Crippen LogP) is 2.55. The Labute approximate surface area is 79.2 Å². The molecular weight excluding hydrogens is 158 g/mol. The molecule has 0 aromatic heterocycles. The zero-order valence-electron chi connectivity index (χ0n) is 8.01. The van der Waals surface area contributed by atoms with E-state index in [2.05, 4.69) is 30.4 Å². The van der Waals surface area contributed by atoms with Crippen LogP contribution in [0.4, 0.5) is 0 Å². The van der Waals surface area contributed by atoms with Gasteiger partial charge in [-0.25, -0.2) is 0 Å². The van der Waals surface area contributed by atoms with Crippen LogP contribution in [0, 0.1) is 12.8 Å². The summed E-state index contributed by atoms with van der Waals surface area (Å²) >= 11 is 0. The summed E-state index contributed by atoms with van der Waals surface area (Å²) < 4.78 is 0. The molecule has 1 atom stereocenters. The van der Waals surface area contributed by atoms with Crippen LogP contribution in [0.1, 0.15) is 35.6 Å². The van der Waals surface area contributed by atoms with E-state index in [4.69, 9.17) is 0 Å². The third-order valence-corrected chi connectivity index (χ3v) is 3.24. The lowest BCUT2D eigenvalue weighted by molar-refractivity contribution is 0.523. The van der Waals surface area contributed by atoms with Crippen LogP contribution >= 0.6 is 0 Å². The van der Waals surface area contributed by atoms with Crippen molar-refractivity contribution in [2.75, 3.05) is 0 Å². The third-order valence-electron chi connectivity index (χ3n) is 3.24. The summed E-state index contributed by atoms with van der Waals surface area (Å²) in [5.74, 6) is 0.934. The summed E-state index contributed by atoms with van der Waals surface area (Å²) in [5, 5.41) is 3.61. The first kappa shape index (κ1) is 7.57. The molecule has 1 unspecified atom stereocenters. The second-order valence-electron chi connectivity index (χ2n) is 4.40. The van der Waals surface area contributed by atoms with Gasteiger partial charge in [0.1, 0.15) is 0 Å². The van der Waals surface area contributed by atoms with E-state index in [1.807, 2.05) is 0 Å². The highest BCUT2D eigenvalue weighted by Gasteiger charge is 2.35. The van der Waals surface area contributed by atoms with Crippen molar-refractivity contribution in [3.8, 4) is 0 Å². The number of benzene rings is 1. The van der Waals surface area contributed by atoms with Crippen molar-refractivity contribution in [1.29, 1.82) is 0 Å². The van der Waals surface area contributed by atoms with Gasteiger partial charge in [-0.2, -0.15) is 0 Å². The largest absolute Gasteiger partial charge is 0.306 e. The summed E-state index contributed by atoms with van der Waals surface area (Å²) in [6.45, 7) is 3.25. The van der Waals surface area contributed by atoms with Crippen LogP contribution in [0.15, 0.2) is 18.2 Å². The van der Waals surface area contributed by atoms with Gasteiger partial charge in [-0.3, -0.25) is 0 Å². The molecule has 3 rings (SSSR count). The molecule has 1 aromatic carbocycles. The van der Waals surface area contributed by atoms with E-state index in [0.29, 0.717) is 6.04 Å². The number of rotatable bonds is 1. The Bertz CT molecular complexity index is 339. The third kappa shape index (κ3) is 1.19. The maximum Gasteiger partial charge on any atom is 0.0354 e. The molecule has 1 heterocycles. The van der Waals surface area contributed by atoms with Crippen molar-refractivity contribution in [1.82, 2.24) is 5.32 Å². The fourth-order valence-electron chi connectivity index (χ4n) is 2.37. The first-order valence-corrected chi connectivity index (χ1v) is 5.17. The van der Waals surface area contributed by atoms with Crippen molar-refractivity contribution in [3.05, 3.63) is 34.9 Å². The minimum atomic E-state index is 0.676. The SMILES string of the molecule is Cc1ccc2c(c1)CNC2C1CC1. The topological polar surface area (TPSA) is 12.0 Å². The van der Waals surface area contributed by atoms with E-state index in [0.717, 1.165) is 12.5 Å². The van der Waals surface area contributed by atoms with E-state index < -0.39 is 0 Å². The van der Waals surface area contributed by atoms with Gasteiger partial charge in [-0.15, -0.1) is 0 Å². The molecule has 1 nitrogen and oxygen atoms in total. The van der Waals surface area contributed by atoms with Crippen LogP contribution in [0.2, 0.25) is 0 Å². The standard InChI is InChI=1S/C12H15N/c1-8-2-5-11-10(6-8)7-13-12(11)9-3-4-9/h2,5-6,9,12-13H,3-4,7H2,1H3. The molecule has 1 heteroatoms. The van der Waals surface area contributed by atoms with Gasteiger partial charge in [0.05, 0.1) is 0 Å². The van der Waals surface area contributed by atoms with Crippen molar-refractivity contribution in [2.45, 2.75) is 32.4 Å². The minimum absolute atomic E-state index is 0.676. The molecule has 1 aliphatic heterocycles. The van der Waals surface area contributed by atoms with E-state index >= 15 is 0 Å². The maximum atomic E-state index is 3.61. The van der Waals surface area contributed by atoms with E-state index in [1.54, 1.807) is 5.56 Å². The summed E-state index contributed by atoms with van der Waals surface area (Å²) in [6.07, 6.45) is 2.84. The van der Waals surface area contributed by atoms with E-state index in [-0.39, 0.29) is 0 Å². The van der Waals surface area contributed by atoms with Crippen LogP contribution in [0.25, 0.3) is 0 Å². The molecule has 1 N–H and O–H groups in total. The number of hydrogen-bond acceptors (Lipinski definition) is 1. The zero-order valence-corrected chi connectivity index (χ0v) is 8.01. The predicted molar refractivity (Wildman–Crippen MR) is 53.5 cm³/mol. The van der Waals surface area contributed by atoms with Crippen molar-refractivity contribution in [2.24, 2.45) is 5.92 Å². The fourth-order valence-corrected chi connectivity index (χ4v) is 2.37. The van der Waals surface area contributed by atoms with Crippen LogP contribution in [-0.2, 0) is 6.54 Å². The average Bonchev–Trinajstić information content (AvgIpc) is 2.87. The highest BCUT2D eigenvalue weighted by atomic mass is 15.0. The lowest BCUT2D eigenvalue weighted by atomic mass is 10.00. The Morgan fingerprint density at radius 1 is 1.31 bits per heavy atom. The second kappa shape index (κ2) is 2.58. The minimum Gasteiger partial charge on any atom is -0.306 e. The summed E-state index contributed by atoms with van der Waals surface area (Å²) in [6, 6.07) is 7.55. The summed E-state index contributed by atoms with van der Waals surface area (Å²) in [5.41, 5.74) is 4.47. The lowest BCUT2D eigenvalue weighted by Crippen LogP contribution is -2.13. The van der Waals surface area contributed by atoms with Gasteiger partial charge < -0.3 is 5.32 Å². The smallest absolute Gasteiger partial charge is 0.0354 e. The van der Waals surface area contributed by atoms with E-state index in [1.165, 1.54) is 24.0 Å². The molecule has 0 radical (unpaired) electrons. The number of hydrogen-bond donors (Lipinski definition) is 1. The van der Waals surface area contributed by atoms with Gasteiger partial charge in [0, 0.05) is 12.6 Å². The van der Waals surface area contributed by atoms with Crippen LogP contribution in [0.3, 0.4) is 0 Å². The Morgan fingerprint density at radius 3 is 2.92 bits per heavy atom. The summed E-state index contributed by atoms with van der Waals surface area (Å²) in [7, 11) is 0. The molecule has 0 saturated heterocycles. The Kier molecular flexibility index (Phi) is 1.50. The van der Waals surface area contributed by atoms with Crippen LogP contribution < -0.4 is 5.32 Å². The molecule has 0 amide bonds. The highest BCUT2D eigenvalue weighted by molar-refractivity contribution is 5.37.